The number of hydrazine groups is 1. The van der Waals surface area contributed by atoms with Crippen LogP contribution in [0.5, 0.6) is 5.75 Å². The Kier molecular flexibility index (Phi) is 6.35. The largest absolute Gasteiger partial charge is 0.486 e. The first-order valence-corrected chi connectivity index (χ1v) is 10.5. The molecule has 7 nitrogen and oxygen atoms in total. The van der Waals surface area contributed by atoms with Crippen molar-refractivity contribution in [3.63, 3.8) is 0 Å². The molecule has 3 aromatic carbocycles. The van der Waals surface area contributed by atoms with E-state index in [-0.39, 0.29) is 33.5 Å². The first kappa shape index (κ1) is 22.4. The van der Waals surface area contributed by atoms with Gasteiger partial charge in [-0.05, 0) is 53.6 Å². The van der Waals surface area contributed by atoms with Gasteiger partial charge < -0.3 is 9.84 Å². The molecule has 2 amide bonds. The van der Waals surface area contributed by atoms with Gasteiger partial charge in [0.15, 0.2) is 5.75 Å². The van der Waals surface area contributed by atoms with E-state index in [1.165, 1.54) is 35.4 Å². The van der Waals surface area contributed by atoms with Gasteiger partial charge >= 0.3 is 5.97 Å². The maximum atomic E-state index is 12.7. The number of amides is 2. The second-order valence-corrected chi connectivity index (χ2v) is 7.90. The molecule has 4 rings (SSSR count). The number of anilines is 1. The van der Waals surface area contributed by atoms with E-state index in [1.807, 2.05) is 0 Å². The van der Waals surface area contributed by atoms with Crippen molar-refractivity contribution in [1.29, 1.82) is 0 Å². The molecule has 3 aromatic rings. The predicted molar refractivity (Wildman–Crippen MR) is 124 cm³/mol. The van der Waals surface area contributed by atoms with Crippen molar-refractivity contribution in [2.24, 2.45) is 0 Å². The van der Waals surface area contributed by atoms with Crippen LogP contribution in [0.3, 0.4) is 0 Å². The molecule has 0 unspecified atom stereocenters. The average Bonchev–Trinajstić information content (AvgIpc) is 3.07. The maximum absolute atomic E-state index is 12.7. The second kappa shape index (κ2) is 9.36. The third-order valence-corrected chi connectivity index (χ3v) is 5.36. The number of para-hydroxylation sites is 1. The van der Waals surface area contributed by atoms with E-state index in [9.17, 15) is 14.4 Å². The van der Waals surface area contributed by atoms with Gasteiger partial charge in [-0.3, -0.25) is 15.0 Å². The molecule has 33 heavy (non-hydrogen) atoms. The van der Waals surface area contributed by atoms with Gasteiger partial charge in [0, 0.05) is 0 Å². The van der Waals surface area contributed by atoms with Gasteiger partial charge in [-0.15, -0.1) is 0 Å². The standard InChI is InChI=1S/C24H16Cl2N2O5/c25-19-11-15(10-18-22(29)27-28(23(18)30)17-7-2-1-3-8-17)12-20(26)21(19)33-13-14-5-4-6-16(9-14)24(31)32/h1-12H,13H2,(H,27,29)(H,31,32). The molecule has 1 fully saturated rings. The van der Waals surface area contributed by atoms with E-state index in [0.29, 0.717) is 16.8 Å². The quantitative estimate of drug-likeness (QED) is 0.391. The fourth-order valence-electron chi connectivity index (χ4n) is 3.23. The molecule has 1 saturated heterocycles. The van der Waals surface area contributed by atoms with Gasteiger partial charge in [0.2, 0.25) is 0 Å². The molecule has 166 valence electrons. The maximum Gasteiger partial charge on any atom is 0.335 e. The minimum atomic E-state index is -1.04. The van der Waals surface area contributed by atoms with E-state index >= 15 is 0 Å². The first-order valence-electron chi connectivity index (χ1n) is 9.70. The van der Waals surface area contributed by atoms with E-state index < -0.39 is 17.8 Å². The van der Waals surface area contributed by atoms with Crippen molar-refractivity contribution in [3.8, 4) is 5.75 Å². The summed E-state index contributed by atoms with van der Waals surface area (Å²) in [6, 6.07) is 18.1. The van der Waals surface area contributed by atoms with Crippen LogP contribution in [0.15, 0.2) is 72.3 Å². The lowest BCUT2D eigenvalue weighted by Crippen LogP contribution is -2.35. The number of hydrogen-bond acceptors (Lipinski definition) is 4. The molecule has 0 aromatic heterocycles. The lowest BCUT2D eigenvalue weighted by atomic mass is 10.1. The number of rotatable bonds is 6. The summed E-state index contributed by atoms with van der Waals surface area (Å²) < 4.78 is 5.70. The fourth-order valence-corrected chi connectivity index (χ4v) is 3.85. The highest BCUT2D eigenvalue weighted by molar-refractivity contribution is 6.37. The fraction of sp³-hybridized carbons (Fsp3) is 0.0417. The highest BCUT2D eigenvalue weighted by Gasteiger charge is 2.34. The number of aromatic carboxylic acids is 1. The highest BCUT2D eigenvalue weighted by Crippen LogP contribution is 2.36. The zero-order valence-corrected chi connectivity index (χ0v) is 18.4. The number of carbonyl (C=O) groups excluding carboxylic acids is 2. The molecule has 1 heterocycles. The van der Waals surface area contributed by atoms with Gasteiger partial charge in [-0.1, -0.05) is 53.5 Å². The number of carboxylic acids is 1. The highest BCUT2D eigenvalue weighted by atomic mass is 35.5. The number of ether oxygens (including phenoxy) is 1. The monoisotopic (exact) mass is 482 g/mol. The number of hydrogen-bond donors (Lipinski definition) is 2. The molecule has 1 aliphatic heterocycles. The molecule has 0 bridgehead atoms. The Morgan fingerprint density at radius 2 is 1.70 bits per heavy atom. The Morgan fingerprint density at radius 3 is 2.36 bits per heavy atom. The molecule has 0 aliphatic carbocycles. The summed E-state index contributed by atoms with van der Waals surface area (Å²) in [6.45, 7) is 0.0495. The first-order chi connectivity index (χ1) is 15.8. The summed E-state index contributed by atoms with van der Waals surface area (Å²) in [5.41, 5.74) is 4.20. The van der Waals surface area contributed by atoms with Gasteiger partial charge in [0.05, 0.1) is 21.3 Å². The molecule has 9 heteroatoms. The van der Waals surface area contributed by atoms with E-state index in [4.69, 9.17) is 33.0 Å². The van der Waals surface area contributed by atoms with Crippen LogP contribution in [0, 0.1) is 0 Å². The number of halogens is 2. The number of nitrogens with zero attached hydrogens (tertiary/aromatic N) is 1. The topological polar surface area (TPSA) is 95.9 Å². The summed E-state index contributed by atoms with van der Waals surface area (Å²) >= 11 is 12.7. The Balaban J connectivity index is 1.54. The normalized spacial score (nSPS) is 14.5. The minimum Gasteiger partial charge on any atom is -0.486 e. The van der Waals surface area contributed by atoms with Crippen molar-refractivity contribution in [2.75, 3.05) is 5.01 Å². The zero-order chi connectivity index (χ0) is 23.5. The van der Waals surface area contributed by atoms with Crippen LogP contribution in [0.2, 0.25) is 10.0 Å². The van der Waals surface area contributed by atoms with Gasteiger partial charge in [0.1, 0.15) is 12.2 Å². The van der Waals surface area contributed by atoms with Crippen molar-refractivity contribution in [3.05, 3.63) is 99.0 Å². The van der Waals surface area contributed by atoms with Gasteiger partial charge in [-0.25, -0.2) is 9.80 Å². The molecule has 0 radical (unpaired) electrons. The second-order valence-electron chi connectivity index (χ2n) is 7.08. The van der Waals surface area contributed by atoms with Gasteiger partial charge in [-0.2, -0.15) is 0 Å². The summed E-state index contributed by atoms with van der Waals surface area (Å²) in [5.74, 6) is -1.89. The summed E-state index contributed by atoms with van der Waals surface area (Å²) in [7, 11) is 0. The molecular formula is C24H16Cl2N2O5. The van der Waals surface area contributed by atoms with Gasteiger partial charge in [0.25, 0.3) is 11.8 Å². The van der Waals surface area contributed by atoms with Crippen LogP contribution < -0.4 is 15.2 Å². The molecule has 1 aliphatic rings. The summed E-state index contributed by atoms with van der Waals surface area (Å²) in [4.78, 5) is 36.2. The van der Waals surface area contributed by atoms with Crippen LogP contribution in [0.25, 0.3) is 6.08 Å². The predicted octanol–water partition coefficient (Wildman–Crippen LogP) is 4.73. The zero-order valence-electron chi connectivity index (χ0n) is 16.9. The van der Waals surface area contributed by atoms with Crippen LogP contribution in [-0.2, 0) is 16.2 Å². The van der Waals surface area contributed by atoms with Crippen molar-refractivity contribution in [1.82, 2.24) is 5.43 Å². The number of benzene rings is 3. The van der Waals surface area contributed by atoms with E-state index in [0.717, 1.165) is 0 Å². The molecule has 0 spiro atoms. The van der Waals surface area contributed by atoms with Crippen LogP contribution >= 0.6 is 23.2 Å². The number of carboxylic acid groups (broad SMARTS) is 1. The summed E-state index contributed by atoms with van der Waals surface area (Å²) in [5, 5.41) is 10.6. The Morgan fingerprint density at radius 1 is 1.00 bits per heavy atom. The number of carbonyl (C=O) groups is 3. The van der Waals surface area contributed by atoms with E-state index in [2.05, 4.69) is 5.43 Å². The third kappa shape index (κ3) is 4.84. The van der Waals surface area contributed by atoms with E-state index in [1.54, 1.807) is 42.5 Å². The molecule has 0 saturated carbocycles. The number of nitrogens with one attached hydrogen (secondary N) is 1. The Labute approximate surface area is 198 Å². The van der Waals surface area contributed by atoms with Crippen LogP contribution in [-0.4, -0.2) is 22.9 Å². The van der Waals surface area contributed by atoms with Crippen LogP contribution in [0.1, 0.15) is 21.5 Å². The third-order valence-electron chi connectivity index (χ3n) is 4.79. The average molecular weight is 483 g/mol. The summed E-state index contributed by atoms with van der Waals surface area (Å²) in [6.07, 6.45) is 1.40. The van der Waals surface area contributed by atoms with Crippen molar-refractivity contribution < 1.29 is 24.2 Å². The smallest absolute Gasteiger partial charge is 0.335 e. The van der Waals surface area contributed by atoms with Crippen molar-refractivity contribution in [2.45, 2.75) is 6.61 Å². The van der Waals surface area contributed by atoms with Crippen molar-refractivity contribution >= 4 is 52.7 Å². The lowest BCUT2D eigenvalue weighted by Gasteiger charge is -2.14. The van der Waals surface area contributed by atoms with Crippen LogP contribution in [0.4, 0.5) is 5.69 Å². The minimum absolute atomic E-state index is 0.0495. The Hall–Kier alpha value is -3.81. The SMILES string of the molecule is O=C1NN(c2ccccc2)C(=O)C1=Cc1cc(Cl)c(OCc2cccc(C(=O)O)c2)c(Cl)c1. The Bertz CT molecular complexity index is 1270. The molecular weight excluding hydrogens is 467 g/mol. The lowest BCUT2D eigenvalue weighted by molar-refractivity contribution is -0.117. The molecule has 2 N–H and O–H groups in total. The molecule has 0 atom stereocenters.